The molecule has 1 saturated carbocycles. The van der Waals surface area contributed by atoms with Gasteiger partial charge in [-0.05, 0) is 30.5 Å². The van der Waals surface area contributed by atoms with E-state index in [0.29, 0.717) is 0 Å². The van der Waals surface area contributed by atoms with E-state index in [1.807, 2.05) is 0 Å². The maximum absolute atomic E-state index is 6.14. The van der Waals surface area contributed by atoms with Crippen LogP contribution in [0.5, 0.6) is 0 Å². The van der Waals surface area contributed by atoms with E-state index in [-0.39, 0.29) is 5.41 Å². The molecule has 0 atom stereocenters. The molecule has 0 saturated heterocycles. The second kappa shape index (κ2) is 4.24. The second-order valence-corrected chi connectivity index (χ2v) is 5.31. The fourth-order valence-electron chi connectivity index (χ4n) is 2.37. The normalized spacial score (nSPS) is 19.9. The minimum absolute atomic E-state index is 0.255. The van der Waals surface area contributed by atoms with Crippen LogP contribution in [0.1, 0.15) is 31.2 Å². The van der Waals surface area contributed by atoms with Crippen LogP contribution in [-0.2, 0) is 5.41 Å². The lowest BCUT2D eigenvalue weighted by Gasteiger charge is -2.27. The molecule has 0 nitrogen and oxygen atoms in total. The molecule has 1 aromatic rings. The lowest BCUT2D eigenvalue weighted by molar-refractivity contribution is 0.498. The van der Waals surface area contributed by atoms with Gasteiger partial charge in [-0.25, -0.2) is 0 Å². The summed E-state index contributed by atoms with van der Waals surface area (Å²) in [5, 5.41) is 0. The van der Waals surface area contributed by atoms with Crippen LogP contribution < -0.4 is 0 Å². The lowest BCUT2D eigenvalue weighted by Crippen LogP contribution is -2.23. The minimum Gasteiger partial charge on any atom is -0.126 e. The van der Waals surface area contributed by atoms with Crippen molar-refractivity contribution in [1.29, 1.82) is 0 Å². The van der Waals surface area contributed by atoms with Gasteiger partial charge in [-0.3, -0.25) is 0 Å². The third kappa shape index (κ3) is 1.85. The molecule has 0 N–H and O–H groups in total. The number of hydrogen-bond acceptors (Lipinski definition) is 0. The Bertz CT molecular complexity index is 316. The SMILES string of the molecule is ClCC1(c2cccc(Br)c2)CCCC1. The molecule has 0 radical (unpaired) electrons. The summed E-state index contributed by atoms with van der Waals surface area (Å²) >= 11 is 9.66. The number of halogens is 2. The summed E-state index contributed by atoms with van der Waals surface area (Å²) in [6.45, 7) is 0. The van der Waals surface area contributed by atoms with Crippen LogP contribution in [-0.4, -0.2) is 5.88 Å². The zero-order chi connectivity index (χ0) is 10.0. The highest BCUT2D eigenvalue weighted by Crippen LogP contribution is 2.42. The average Bonchev–Trinajstić information content (AvgIpc) is 2.67. The van der Waals surface area contributed by atoms with Gasteiger partial charge in [-0.15, -0.1) is 11.6 Å². The van der Waals surface area contributed by atoms with Gasteiger partial charge in [0.25, 0.3) is 0 Å². The maximum atomic E-state index is 6.14. The molecule has 1 aliphatic carbocycles. The minimum atomic E-state index is 0.255. The zero-order valence-corrected chi connectivity index (χ0v) is 10.4. The molecule has 1 fully saturated rings. The lowest BCUT2D eigenvalue weighted by atomic mass is 9.81. The van der Waals surface area contributed by atoms with Crippen LogP contribution in [0.4, 0.5) is 0 Å². The molecule has 0 bridgehead atoms. The predicted octanol–water partition coefficient (Wildman–Crippen LogP) is 4.50. The summed E-state index contributed by atoms with van der Waals surface area (Å²) in [4.78, 5) is 0. The van der Waals surface area contributed by atoms with Crippen LogP contribution in [0.3, 0.4) is 0 Å². The highest BCUT2D eigenvalue weighted by molar-refractivity contribution is 9.10. The Morgan fingerprint density at radius 3 is 2.57 bits per heavy atom. The molecular weight excluding hydrogens is 259 g/mol. The van der Waals surface area contributed by atoms with Gasteiger partial charge < -0.3 is 0 Å². The summed E-state index contributed by atoms with van der Waals surface area (Å²) in [6, 6.07) is 8.60. The smallest absolute Gasteiger partial charge is 0.0320 e. The quantitative estimate of drug-likeness (QED) is 0.696. The highest BCUT2D eigenvalue weighted by atomic mass is 79.9. The van der Waals surface area contributed by atoms with Crippen molar-refractivity contribution in [2.75, 3.05) is 5.88 Å². The van der Waals surface area contributed by atoms with Gasteiger partial charge in [-0.2, -0.15) is 0 Å². The molecule has 0 aromatic heterocycles. The third-order valence-electron chi connectivity index (χ3n) is 3.25. The van der Waals surface area contributed by atoms with Gasteiger partial charge in [0, 0.05) is 15.8 Å². The summed E-state index contributed by atoms with van der Waals surface area (Å²) in [5.74, 6) is 0.753. The average molecular weight is 274 g/mol. The van der Waals surface area contributed by atoms with Crippen LogP contribution >= 0.6 is 27.5 Å². The van der Waals surface area contributed by atoms with Crippen molar-refractivity contribution in [3.8, 4) is 0 Å². The highest BCUT2D eigenvalue weighted by Gasteiger charge is 2.34. The van der Waals surface area contributed by atoms with E-state index in [4.69, 9.17) is 11.6 Å². The first-order chi connectivity index (χ1) is 6.77. The van der Waals surface area contributed by atoms with E-state index < -0.39 is 0 Å². The van der Waals surface area contributed by atoms with Crippen molar-refractivity contribution in [2.45, 2.75) is 31.1 Å². The zero-order valence-electron chi connectivity index (χ0n) is 8.10. The van der Waals surface area contributed by atoms with E-state index in [9.17, 15) is 0 Å². The van der Waals surface area contributed by atoms with E-state index >= 15 is 0 Å². The van der Waals surface area contributed by atoms with Gasteiger partial charge in [0.05, 0.1) is 0 Å². The summed E-state index contributed by atoms with van der Waals surface area (Å²) in [5.41, 5.74) is 1.66. The van der Waals surface area contributed by atoms with Gasteiger partial charge in [-0.1, -0.05) is 40.9 Å². The number of rotatable bonds is 2. The molecule has 0 heterocycles. The van der Waals surface area contributed by atoms with Gasteiger partial charge in [0.2, 0.25) is 0 Å². The van der Waals surface area contributed by atoms with E-state index in [0.717, 1.165) is 10.4 Å². The Morgan fingerprint density at radius 2 is 2.00 bits per heavy atom. The Hall–Kier alpha value is -0.0100. The molecule has 2 rings (SSSR count). The monoisotopic (exact) mass is 272 g/mol. The number of hydrogen-bond donors (Lipinski definition) is 0. The predicted molar refractivity (Wildman–Crippen MR) is 65.0 cm³/mol. The Balaban J connectivity index is 2.35. The van der Waals surface area contributed by atoms with Crippen molar-refractivity contribution in [2.24, 2.45) is 0 Å². The van der Waals surface area contributed by atoms with Crippen LogP contribution in [0.15, 0.2) is 28.7 Å². The molecular formula is C12H14BrCl. The topological polar surface area (TPSA) is 0 Å². The number of benzene rings is 1. The van der Waals surface area contributed by atoms with E-state index in [1.165, 1.54) is 31.2 Å². The maximum Gasteiger partial charge on any atom is 0.0320 e. The molecule has 0 amide bonds. The van der Waals surface area contributed by atoms with Gasteiger partial charge in [0.1, 0.15) is 0 Å². The van der Waals surface area contributed by atoms with Crippen LogP contribution in [0.2, 0.25) is 0 Å². The van der Waals surface area contributed by atoms with Crippen molar-refractivity contribution >= 4 is 27.5 Å². The molecule has 76 valence electrons. The first-order valence-corrected chi connectivity index (χ1v) is 6.42. The first kappa shape index (κ1) is 10.5. The molecule has 2 heteroatoms. The van der Waals surface area contributed by atoms with Crippen molar-refractivity contribution in [3.05, 3.63) is 34.3 Å². The summed E-state index contributed by atoms with van der Waals surface area (Å²) < 4.78 is 1.16. The van der Waals surface area contributed by atoms with E-state index in [2.05, 4.69) is 40.2 Å². The first-order valence-electron chi connectivity index (χ1n) is 5.09. The summed E-state index contributed by atoms with van der Waals surface area (Å²) in [7, 11) is 0. The van der Waals surface area contributed by atoms with Crippen molar-refractivity contribution in [3.63, 3.8) is 0 Å². The summed E-state index contributed by atoms with van der Waals surface area (Å²) in [6.07, 6.45) is 5.12. The largest absolute Gasteiger partial charge is 0.126 e. The van der Waals surface area contributed by atoms with E-state index in [1.54, 1.807) is 0 Å². The molecule has 14 heavy (non-hydrogen) atoms. The molecule has 0 aliphatic heterocycles. The Morgan fingerprint density at radius 1 is 1.29 bits per heavy atom. The molecule has 1 aromatic carbocycles. The second-order valence-electron chi connectivity index (χ2n) is 4.13. The van der Waals surface area contributed by atoms with Gasteiger partial charge in [0.15, 0.2) is 0 Å². The molecule has 0 unspecified atom stereocenters. The molecule has 0 spiro atoms. The standard InChI is InChI=1S/C12H14BrCl/c13-11-5-3-4-10(8-11)12(9-14)6-1-2-7-12/h3-5,8H,1-2,6-7,9H2. The Kier molecular flexibility index (Phi) is 3.18. The van der Waals surface area contributed by atoms with Crippen LogP contribution in [0, 0.1) is 0 Å². The fraction of sp³-hybridized carbons (Fsp3) is 0.500. The fourth-order valence-corrected chi connectivity index (χ4v) is 3.19. The van der Waals surface area contributed by atoms with Crippen molar-refractivity contribution < 1.29 is 0 Å². The molecule has 1 aliphatic rings. The third-order valence-corrected chi connectivity index (χ3v) is 4.26. The van der Waals surface area contributed by atoms with Gasteiger partial charge >= 0.3 is 0 Å². The number of alkyl halides is 1. The van der Waals surface area contributed by atoms with Crippen LogP contribution in [0.25, 0.3) is 0 Å². The van der Waals surface area contributed by atoms with Crippen molar-refractivity contribution in [1.82, 2.24) is 0 Å². The Labute approximate surface area is 98.8 Å².